The lowest BCUT2D eigenvalue weighted by molar-refractivity contribution is -0.118. The number of ether oxygens (including phenoxy) is 1. The van der Waals surface area contributed by atoms with Crippen LogP contribution in [0.2, 0.25) is 0 Å². The van der Waals surface area contributed by atoms with E-state index in [4.69, 9.17) is 4.74 Å². The number of phenolic OH excluding ortho intramolecular Hbond substituents is 1. The summed E-state index contributed by atoms with van der Waals surface area (Å²) in [5, 5.41) is 12.1. The van der Waals surface area contributed by atoms with Crippen LogP contribution in [0.3, 0.4) is 0 Å². The van der Waals surface area contributed by atoms with E-state index in [0.717, 1.165) is 10.6 Å². The highest BCUT2D eigenvalue weighted by atomic mass is 32.2. The summed E-state index contributed by atoms with van der Waals surface area (Å²) in [7, 11) is 0. The van der Waals surface area contributed by atoms with Gasteiger partial charge in [-0.1, -0.05) is 24.3 Å². The SMILES string of the molecule is O=C(CSc1cccc(O)c1)NCCOc1ccccc1. The minimum Gasteiger partial charge on any atom is -0.508 e. The molecule has 2 aromatic carbocycles. The smallest absolute Gasteiger partial charge is 0.230 e. The standard InChI is InChI=1S/C16H17NO3S/c18-13-5-4-8-15(11-13)21-12-16(19)17-9-10-20-14-6-2-1-3-7-14/h1-8,11,18H,9-10,12H2,(H,17,19). The number of carbonyl (C=O) groups is 1. The van der Waals surface area contributed by atoms with Crippen LogP contribution in [0.25, 0.3) is 0 Å². The molecule has 21 heavy (non-hydrogen) atoms. The van der Waals surface area contributed by atoms with Crippen molar-refractivity contribution >= 4 is 17.7 Å². The highest BCUT2D eigenvalue weighted by molar-refractivity contribution is 8.00. The molecule has 0 aliphatic carbocycles. The lowest BCUT2D eigenvalue weighted by Gasteiger charge is -2.07. The number of benzene rings is 2. The summed E-state index contributed by atoms with van der Waals surface area (Å²) in [6, 6.07) is 16.3. The van der Waals surface area contributed by atoms with Crippen molar-refractivity contribution in [1.82, 2.24) is 5.32 Å². The fourth-order valence-electron chi connectivity index (χ4n) is 1.65. The highest BCUT2D eigenvalue weighted by Crippen LogP contribution is 2.21. The second-order valence-corrected chi connectivity index (χ2v) is 5.35. The monoisotopic (exact) mass is 303 g/mol. The molecule has 1 amide bonds. The molecule has 2 rings (SSSR count). The van der Waals surface area contributed by atoms with Crippen molar-refractivity contribution in [3.05, 3.63) is 54.6 Å². The molecule has 0 atom stereocenters. The minimum atomic E-state index is -0.0556. The van der Waals surface area contributed by atoms with Crippen molar-refractivity contribution in [1.29, 1.82) is 0 Å². The lowest BCUT2D eigenvalue weighted by Crippen LogP contribution is -2.29. The van der Waals surface area contributed by atoms with Crippen LogP contribution in [0.1, 0.15) is 0 Å². The largest absolute Gasteiger partial charge is 0.508 e. The molecule has 0 radical (unpaired) electrons. The Labute approximate surface area is 128 Å². The van der Waals surface area contributed by atoms with Gasteiger partial charge < -0.3 is 15.2 Å². The van der Waals surface area contributed by atoms with E-state index in [1.165, 1.54) is 11.8 Å². The van der Waals surface area contributed by atoms with Gasteiger partial charge in [-0.2, -0.15) is 0 Å². The number of thioether (sulfide) groups is 1. The molecule has 0 bridgehead atoms. The molecule has 0 fully saturated rings. The number of aromatic hydroxyl groups is 1. The van der Waals surface area contributed by atoms with Crippen LogP contribution in [-0.2, 0) is 4.79 Å². The lowest BCUT2D eigenvalue weighted by atomic mass is 10.3. The second-order valence-electron chi connectivity index (χ2n) is 4.30. The van der Waals surface area contributed by atoms with Crippen molar-refractivity contribution in [3.63, 3.8) is 0 Å². The summed E-state index contributed by atoms with van der Waals surface area (Å²) in [4.78, 5) is 12.5. The second kappa shape index (κ2) is 8.21. The summed E-state index contributed by atoms with van der Waals surface area (Å²) in [6.45, 7) is 0.904. The highest BCUT2D eigenvalue weighted by Gasteiger charge is 2.03. The molecular formula is C16H17NO3S. The predicted octanol–water partition coefficient (Wildman–Crippen LogP) is 2.68. The zero-order chi connectivity index (χ0) is 14.9. The van der Waals surface area contributed by atoms with Gasteiger partial charge in [-0.25, -0.2) is 0 Å². The van der Waals surface area contributed by atoms with E-state index in [-0.39, 0.29) is 11.7 Å². The van der Waals surface area contributed by atoms with E-state index < -0.39 is 0 Å². The van der Waals surface area contributed by atoms with E-state index in [0.29, 0.717) is 18.9 Å². The molecule has 2 N–H and O–H groups in total. The quantitative estimate of drug-likeness (QED) is 0.610. The summed E-state index contributed by atoms with van der Waals surface area (Å²) in [5.41, 5.74) is 0. The van der Waals surface area contributed by atoms with Crippen molar-refractivity contribution in [2.75, 3.05) is 18.9 Å². The van der Waals surface area contributed by atoms with E-state index in [9.17, 15) is 9.90 Å². The van der Waals surface area contributed by atoms with Crippen LogP contribution in [-0.4, -0.2) is 29.9 Å². The Balaban J connectivity index is 1.62. The molecule has 110 valence electrons. The molecule has 0 unspecified atom stereocenters. The Hall–Kier alpha value is -2.14. The maximum Gasteiger partial charge on any atom is 0.230 e. The van der Waals surface area contributed by atoms with Gasteiger partial charge in [0.1, 0.15) is 18.1 Å². The molecule has 0 spiro atoms. The zero-order valence-electron chi connectivity index (χ0n) is 11.5. The third-order valence-electron chi connectivity index (χ3n) is 2.62. The first-order valence-electron chi connectivity index (χ1n) is 6.60. The first kappa shape index (κ1) is 15.3. The Morgan fingerprint density at radius 3 is 2.71 bits per heavy atom. The van der Waals surface area contributed by atoms with E-state index >= 15 is 0 Å². The van der Waals surface area contributed by atoms with Crippen molar-refractivity contribution in [2.45, 2.75) is 4.90 Å². The van der Waals surface area contributed by atoms with Crippen molar-refractivity contribution < 1.29 is 14.6 Å². The van der Waals surface area contributed by atoms with Gasteiger partial charge in [-0.05, 0) is 30.3 Å². The third-order valence-corrected chi connectivity index (χ3v) is 3.62. The maximum absolute atomic E-state index is 11.7. The van der Waals surface area contributed by atoms with Crippen LogP contribution >= 0.6 is 11.8 Å². The first-order chi connectivity index (χ1) is 10.2. The number of rotatable bonds is 7. The molecule has 0 heterocycles. The number of hydrogen-bond donors (Lipinski definition) is 2. The molecule has 0 saturated carbocycles. The van der Waals surface area contributed by atoms with Gasteiger partial charge >= 0.3 is 0 Å². The number of phenols is 1. The average molecular weight is 303 g/mol. The summed E-state index contributed by atoms with van der Waals surface area (Å²) >= 11 is 1.38. The molecule has 0 saturated heterocycles. The molecule has 5 heteroatoms. The molecule has 0 aliphatic heterocycles. The first-order valence-corrected chi connectivity index (χ1v) is 7.59. The summed E-state index contributed by atoms with van der Waals surface area (Å²) in [6.07, 6.45) is 0. The Morgan fingerprint density at radius 1 is 1.14 bits per heavy atom. The minimum absolute atomic E-state index is 0.0556. The van der Waals surface area contributed by atoms with Gasteiger partial charge in [0.15, 0.2) is 0 Å². The average Bonchev–Trinajstić information content (AvgIpc) is 2.51. The fourth-order valence-corrected chi connectivity index (χ4v) is 2.43. The summed E-state index contributed by atoms with van der Waals surface area (Å²) < 4.78 is 5.48. The Morgan fingerprint density at radius 2 is 1.95 bits per heavy atom. The van der Waals surface area contributed by atoms with Crippen LogP contribution in [0.15, 0.2) is 59.5 Å². The van der Waals surface area contributed by atoms with Gasteiger partial charge in [0.2, 0.25) is 5.91 Å². The maximum atomic E-state index is 11.7. The van der Waals surface area contributed by atoms with Crippen LogP contribution in [0.5, 0.6) is 11.5 Å². The summed E-state index contributed by atoms with van der Waals surface area (Å²) in [5.74, 6) is 1.26. The Bertz CT molecular complexity index is 575. The normalized spacial score (nSPS) is 10.1. The Kier molecular flexibility index (Phi) is 5.97. The molecule has 2 aromatic rings. The topological polar surface area (TPSA) is 58.6 Å². The van der Waals surface area contributed by atoms with Crippen LogP contribution in [0.4, 0.5) is 0 Å². The van der Waals surface area contributed by atoms with Gasteiger partial charge in [-0.15, -0.1) is 11.8 Å². The van der Waals surface area contributed by atoms with Gasteiger partial charge in [-0.3, -0.25) is 4.79 Å². The number of carbonyl (C=O) groups excluding carboxylic acids is 1. The van der Waals surface area contributed by atoms with Gasteiger partial charge in [0, 0.05) is 4.90 Å². The molecule has 0 aromatic heterocycles. The van der Waals surface area contributed by atoms with E-state index in [1.807, 2.05) is 36.4 Å². The van der Waals surface area contributed by atoms with Gasteiger partial charge in [0.25, 0.3) is 0 Å². The fraction of sp³-hybridized carbons (Fsp3) is 0.188. The van der Waals surface area contributed by atoms with Crippen molar-refractivity contribution in [2.24, 2.45) is 0 Å². The molecule has 4 nitrogen and oxygen atoms in total. The number of amides is 1. The van der Waals surface area contributed by atoms with Crippen LogP contribution in [0, 0.1) is 0 Å². The zero-order valence-corrected chi connectivity index (χ0v) is 12.3. The molecule has 0 aliphatic rings. The van der Waals surface area contributed by atoms with E-state index in [1.54, 1.807) is 18.2 Å². The number of para-hydroxylation sites is 1. The van der Waals surface area contributed by atoms with Gasteiger partial charge in [0.05, 0.1) is 12.3 Å². The number of nitrogens with one attached hydrogen (secondary N) is 1. The van der Waals surface area contributed by atoms with Crippen molar-refractivity contribution in [3.8, 4) is 11.5 Å². The number of hydrogen-bond acceptors (Lipinski definition) is 4. The molecular weight excluding hydrogens is 286 g/mol. The van der Waals surface area contributed by atoms with E-state index in [2.05, 4.69) is 5.32 Å². The third kappa shape index (κ3) is 5.79. The van der Waals surface area contributed by atoms with Crippen LogP contribution < -0.4 is 10.1 Å². The predicted molar refractivity (Wildman–Crippen MR) is 83.8 cm³/mol.